The Kier molecular flexibility index (Phi) is 3.78. The molecule has 0 radical (unpaired) electrons. The van der Waals surface area contributed by atoms with Crippen LogP contribution in [0, 0.1) is 0 Å². The summed E-state index contributed by atoms with van der Waals surface area (Å²) in [4.78, 5) is 25.0. The topological polar surface area (TPSA) is 82.2 Å². The van der Waals surface area contributed by atoms with Crippen molar-refractivity contribution in [3.8, 4) is 5.75 Å². The van der Waals surface area contributed by atoms with E-state index in [9.17, 15) is 14.7 Å². The van der Waals surface area contributed by atoms with E-state index in [-0.39, 0.29) is 29.5 Å². The van der Waals surface area contributed by atoms with Crippen molar-refractivity contribution in [2.24, 2.45) is 0 Å². The van der Waals surface area contributed by atoms with E-state index in [0.29, 0.717) is 11.3 Å². The highest BCUT2D eigenvalue weighted by Crippen LogP contribution is 2.15. The van der Waals surface area contributed by atoms with Gasteiger partial charge in [0.25, 0.3) is 0 Å². The molecule has 0 bridgehead atoms. The molecule has 6 heteroatoms. The predicted molar refractivity (Wildman–Crippen MR) is 68.6 cm³/mol. The number of amides is 1. The first-order valence-electron chi connectivity index (χ1n) is 5.35. The Morgan fingerprint density at radius 1 is 1.39 bits per heavy atom. The van der Waals surface area contributed by atoms with Crippen molar-refractivity contribution < 1.29 is 9.90 Å². The molecule has 0 saturated heterocycles. The molecule has 0 saturated carbocycles. The van der Waals surface area contributed by atoms with E-state index >= 15 is 0 Å². The van der Waals surface area contributed by atoms with Gasteiger partial charge in [0.15, 0.2) is 0 Å². The lowest BCUT2D eigenvalue weighted by atomic mass is 10.1. The molecular formula is C12H12N2O3S. The molecule has 2 rings (SSSR count). The summed E-state index contributed by atoms with van der Waals surface area (Å²) in [5.41, 5.74) is 1.25. The standard InChI is InChI=1S/C12H12N2O3S/c15-10-4-2-1-3-8(10)5-11(16)13-6-9-7-18-12(17)14-9/h1-4,7,15H,5-6H2,(H,13,16)(H,14,17). The van der Waals surface area contributed by atoms with E-state index in [4.69, 9.17) is 0 Å². The second kappa shape index (κ2) is 5.50. The van der Waals surface area contributed by atoms with Crippen molar-refractivity contribution in [1.29, 1.82) is 0 Å². The number of benzene rings is 1. The summed E-state index contributed by atoms with van der Waals surface area (Å²) in [6, 6.07) is 6.70. The molecule has 2 aromatic rings. The van der Waals surface area contributed by atoms with Crippen LogP contribution >= 0.6 is 11.3 Å². The fraction of sp³-hybridized carbons (Fsp3) is 0.167. The van der Waals surface area contributed by atoms with Crippen LogP contribution in [0.25, 0.3) is 0 Å². The number of hydrogen-bond donors (Lipinski definition) is 3. The molecule has 0 aliphatic carbocycles. The zero-order valence-corrected chi connectivity index (χ0v) is 10.3. The highest BCUT2D eigenvalue weighted by molar-refractivity contribution is 7.07. The molecule has 1 heterocycles. The molecule has 1 aromatic carbocycles. The van der Waals surface area contributed by atoms with Crippen molar-refractivity contribution in [2.45, 2.75) is 13.0 Å². The number of rotatable bonds is 4. The van der Waals surface area contributed by atoms with Crippen molar-refractivity contribution in [2.75, 3.05) is 0 Å². The first kappa shape index (κ1) is 12.4. The molecule has 0 aliphatic rings. The van der Waals surface area contributed by atoms with Crippen molar-refractivity contribution in [1.82, 2.24) is 10.3 Å². The fourth-order valence-corrected chi connectivity index (χ4v) is 2.07. The number of aromatic nitrogens is 1. The van der Waals surface area contributed by atoms with Crippen LogP contribution in [0.3, 0.4) is 0 Å². The molecule has 0 fully saturated rings. The van der Waals surface area contributed by atoms with Gasteiger partial charge in [-0.2, -0.15) is 0 Å². The molecule has 3 N–H and O–H groups in total. The Bertz CT molecular complexity index is 603. The first-order chi connectivity index (χ1) is 8.65. The van der Waals surface area contributed by atoms with Crippen LogP contribution in [-0.2, 0) is 17.8 Å². The zero-order chi connectivity index (χ0) is 13.0. The summed E-state index contributed by atoms with van der Waals surface area (Å²) in [5, 5.41) is 13.9. The Morgan fingerprint density at radius 2 is 2.17 bits per heavy atom. The van der Waals surface area contributed by atoms with Gasteiger partial charge in [-0.1, -0.05) is 29.5 Å². The van der Waals surface area contributed by atoms with E-state index in [0.717, 1.165) is 11.3 Å². The van der Waals surface area contributed by atoms with Crippen molar-refractivity contribution in [3.63, 3.8) is 0 Å². The van der Waals surface area contributed by atoms with Gasteiger partial charge in [-0.25, -0.2) is 0 Å². The summed E-state index contributed by atoms with van der Waals surface area (Å²) >= 11 is 1.06. The third-order valence-electron chi connectivity index (χ3n) is 2.39. The third-order valence-corrected chi connectivity index (χ3v) is 3.11. The Balaban J connectivity index is 1.90. The molecule has 1 amide bonds. The second-order valence-corrected chi connectivity index (χ2v) is 4.60. The Labute approximate surface area is 107 Å². The number of H-pyrrole nitrogens is 1. The summed E-state index contributed by atoms with van der Waals surface area (Å²) in [5.74, 6) is -0.0971. The number of phenolic OH excluding ortho intramolecular Hbond substituents is 1. The second-order valence-electron chi connectivity index (χ2n) is 3.76. The number of phenols is 1. The van der Waals surface area contributed by atoms with Crippen LogP contribution in [0.2, 0.25) is 0 Å². The Hall–Kier alpha value is -2.08. The minimum Gasteiger partial charge on any atom is -0.508 e. The molecule has 5 nitrogen and oxygen atoms in total. The van der Waals surface area contributed by atoms with Gasteiger partial charge in [0.2, 0.25) is 5.91 Å². The Morgan fingerprint density at radius 3 is 2.83 bits per heavy atom. The van der Waals surface area contributed by atoms with E-state index in [1.807, 2.05) is 0 Å². The maximum Gasteiger partial charge on any atom is 0.304 e. The average Bonchev–Trinajstić information content (AvgIpc) is 2.76. The number of para-hydroxylation sites is 1. The largest absolute Gasteiger partial charge is 0.508 e. The van der Waals surface area contributed by atoms with Gasteiger partial charge in [-0.15, -0.1) is 0 Å². The highest BCUT2D eigenvalue weighted by atomic mass is 32.1. The van der Waals surface area contributed by atoms with Crippen molar-refractivity contribution >= 4 is 17.2 Å². The van der Waals surface area contributed by atoms with E-state index < -0.39 is 0 Å². The average molecular weight is 264 g/mol. The summed E-state index contributed by atoms with van der Waals surface area (Å²) in [7, 11) is 0. The molecule has 0 atom stereocenters. The van der Waals surface area contributed by atoms with E-state index in [2.05, 4.69) is 10.3 Å². The molecule has 94 valence electrons. The number of carbonyl (C=O) groups is 1. The van der Waals surface area contributed by atoms with Gasteiger partial charge < -0.3 is 15.4 Å². The SMILES string of the molecule is O=C(Cc1ccccc1O)NCc1csc(=O)[nH]1. The number of carbonyl (C=O) groups excluding carboxylic acids is 1. The minimum absolute atomic E-state index is 0.108. The van der Waals surface area contributed by atoms with Crippen LogP contribution in [-0.4, -0.2) is 16.0 Å². The highest BCUT2D eigenvalue weighted by Gasteiger charge is 2.07. The van der Waals surface area contributed by atoms with Crippen LogP contribution in [0.1, 0.15) is 11.3 Å². The first-order valence-corrected chi connectivity index (χ1v) is 6.23. The van der Waals surface area contributed by atoms with Crippen LogP contribution in [0.5, 0.6) is 5.75 Å². The van der Waals surface area contributed by atoms with Gasteiger partial charge in [-0.05, 0) is 6.07 Å². The molecule has 1 aromatic heterocycles. The van der Waals surface area contributed by atoms with Crippen LogP contribution in [0.4, 0.5) is 0 Å². The predicted octanol–water partition coefficient (Wildman–Crippen LogP) is 1.00. The monoisotopic (exact) mass is 264 g/mol. The smallest absolute Gasteiger partial charge is 0.304 e. The summed E-state index contributed by atoms with van der Waals surface area (Å²) < 4.78 is 0. The molecule has 0 aliphatic heterocycles. The molecule has 0 spiro atoms. The third kappa shape index (κ3) is 3.21. The minimum atomic E-state index is -0.205. The number of thiazole rings is 1. The number of aromatic amines is 1. The van der Waals surface area contributed by atoms with Gasteiger partial charge in [0.1, 0.15) is 5.75 Å². The van der Waals surface area contributed by atoms with E-state index in [1.54, 1.807) is 29.6 Å². The van der Waals surface area contributed by atoms with Gasteiger partial charge in [-0.3, -0.25) is 9.59 Å². The number of aromatic hydroxyl groups is 1. The maximum atomic E-state index is 11.6. The molecule has 18 heavy (non-hydrogen) atoms. The lowest BCUT2D eigenvalue weighted by Gasteiger charge is -2.05. The van der Waals surface area contributed by atoms with Crippen LogP contribution in [0.15, 0.2) is 34.4 Å². The fourth-order valence-electron chi connectivity index (χ4n) is 1.49. The molecular weight excluding hydrogens is 252 g/mol. The van der Waals surface area contributed by atoms with Crippen molar-refractivity contribution in [3.05, 3.63) is 50.6 Å². The number of hydrogen-bond acceptors (Lipinski definition) is 4. The lowest BCUT2D eigenvalue weighted by Crippen LogP contribution is -2.25. The maximum absolute atomic E-state index is 11.6. The van der Waals surface area contributed by atoms with Gasteiger partial charge >= 0.3 is 4.87 Å². The normalized spacial score (nSPS) is 10.2. The zero-order valence-electron chi connectivity index (χ0n) is 9.47. The summed E-state index contributed by atoms with van der Waals surface area (Å²) in [6.45, 7) is 0.283. The van der Waals surface area contributed by atoms with E-state index in [1.165, 1.54) is 0 Å². The van der Waals surface area contributed by atoms with Crippen LogP contribution < -0.4 is 10.2 Å². The van der Waals surface area contributed by atoms with Gasteiger partial charge in [0.05, 0.1) is 13.0 Å². The van der Waals surface area contributed by atoms with Gasteiger partial charge in [0, 0.05) is 16.6 Å². The molecule has 0 unspecified atom stereocenters. The number of nitrogens with one attached hydrogen (secondary N) is 2. The summed E-state index contributed by atoms with van der Waals surface area (Å²) in [6.07, 6.45) is 0.112. The lowest BCUT2D eigenvalue weighted by molar-refractivity contribution is -0.120. The quantitative estimate of drug-likeness (QED) is 0.770.